The Morgan fingerprint density at radius 3 is 1.67 bits per heavy atom. The minimum Gasteiger partial charge on any atom is -0.811 e. The molecule has 0 aliphatic heterocycles. The Hall–Kier alpha value is 1.30. The van der Waals surface area contributed by atoms with Crippen LogP contribution in [0, 0.1) is 0 Å². The second-order valence-corrected chi connectivity index (χ2v) is 2.73. The largest absolute Gasteiger partial charge is 1.00 e. The Kier molecular flexibility index (Phi) is 13.8. The van der Waals surface area contributed by atoms with Crippen molar-refractivity contribution in [2.75, 3.05) is 12.8 Å². The Morgan fingerprint density at radius 2 is 1.67 bits per heavy atom. The van der Waals surface area contributed by atoms with E-state index < -0.39 is 20.4 Å². The number of aliphatic hydroxyl groups is 1. The third-order valence-electron chi connectivity index (χ3n) is 0.374. The molecule has 7 heteroatoms. The summed E-state index contributed by atoms with van der Waals surface area (Å²) in [6, 6.07) is 0. The molecular weight excluding hydrogens is 133 g/mol. The van der Waals surface area contributed by atoms with Gasteiger partial charge in [-0.05, 0) is 6.16 Å². The molecule has 0 unspecified atom stereocenters. The molecule has 0 saturated heterocycles. The van der Waals surface area contributed by atoms with Gasteiger partial charge in [0.2, 0.25) is 0 Å². The maximum atomic E-state index is 9.54. The fourth-order valence-electron chi connectivity index (χ4n) is 0.122. The summed E-state index contributed by atoms with van der Waals surface area (Å²) in [5.74, 6) is 0. The van der Waals surface area contributed by atoms with Crippen molar-refractivity contribution in [2.45, 2.75) is 0 Å². The van der Waals surface area contributed by atoms with Crippen LogP contribution in [-0.2, 0) is 4.57 Å². The van der Waals surface area contributed by atoms with Gasteiger partial charge in [-0.25, -0.2) is 0 Å². The first-order valence-electron chi connectivity index (χ1n) is 1.68. The average molecular weight is 138 g/mol. The maximum Gasteiger partial charge on any atom is 1.00 e. The van der Waals surface area contributed by atoms with E-state index in [9.17, 15) is 14.4 Å². The van der Waals surface area contributed by atoms with Gasteiger partial charge in [-0.2, -0.15) is 0 Å². The quantitative estimate of drug-likeness (QED) is 0.303. The van der Waals surface area contributed by atoms with Crippen LogP contribution in [0.25, 0.3) is 0 Å². The molecule has 0 aliphatic rings. The molecule has 0 aliphatic carbocycles. The molecule has 0 aromatic heterocycles. The number of hydrogen-bond acceptors (Lipinski definition) is 4. The minimum absolute atomic E-state index is 0. The van der Waals surface area contributed by atoms with Crippen LogP contribution in [-0.4, -0.2) is 17.9 Å². The Morgan fingerprint density at radius 1 is 1.33 bits per heavy atom. The van der Waals surface area contributed by atoms with Crippen molar-refractivity contribution < 1.29 is 57.2 Å². The first kappa shape index (κ1) is 16.7. The number of hydrogen-bond donors (Lipinski definition) is 1. The van der Waals surface area contributed by atoms with Gasteiger partial charge in [0.1, 0.15) is 0 Å². The van der Waals surface area contributed by atoms with Crippen molar-refractivity contribution in [3.05, 3.63) is 0 Å². The summed E-state index contributed by atoms with van der Waals surface area (Å²) in [6.07, 6.45) is -0.660. The van der Waals surface area contributed by atoms with E-state index in [1.165, 1.54) is 0 Å². The van der Waals surface area contributed by atoms with Crippen molar-refractivity contribution >= 4 is 7.60 Å². The summed E-state index contributed by atoms with van der Waals surface area (Å²) < 4.78 is 9.54. The first-order valence-corrected chi connectivity index (χ1v) is 3.41. The molecule has 0 radical (unpaired) electrons. The molecule has 44 valence electrons. The van der Waals surface area contributed by atoms with E-state index in [4.69, 9.17) is 5.11 Å². The van der Waals surface area contributed by atoms with Gasteiger partial charge in [0.05, 0.1) is 0 Å². The summed E-state index contributed by atoms with van der Waals surface area (Å²) >= 11 is 0. The van der Waals surface area contributed by atoms with Gasteiger partial charge in [0, 0.05) is 6.61 Å². The summed E-state index contributed by atoms with van der Waals surface area (Å²) in [4.78, 5) is 19.1. The minimum atomic E-state index is -4.42. The van der Waals surface area contributed by atoms with Crippen molar-refractivity contribution in [3.63, 3.8) is 0 Å². The molecule has 1 N–H and O–H groups in total. The maximum absolute atomic E-state index is 9.54. The summed E-state index contributed by atoms with van der Waals surface area (Å²) in [6.45, 7) is -0.579. The second-order valence-electron chi connectivity index (χ2n) is 1.06. The zero-order valence-corrected chi connectivity index (χ0v) is 6.43. The zero-order valence-electron chi connectivity index (χ0n) is 5.53. The van der Waals surface area contributed by atoms with Crippen LogP contribution in [0.2, 0.25) is 0 Å². The molecule has 0 bridgehead atoms. The molecule has 0 spiro atoms. The second kappa shape index (κ2) is 7.41. The standard InChI is InChI=1S/C2H7O4P.2Li/c3-1-2-7(4,5)6;;/h3H,1-2H2,(H2,4,5,6);;/q;2*+1/p-2. The van der Waals surface area contributed by atoms with Gasteiger partial charge in [-0.15, -0.1) is 0 Å². The molecule has 0 rings (SSSR count). The van der Waals surface area contributed by atoms with Crippen LogP contribution in [0.1, 0.15) is 0 Å². The van der Waals surface area contributed by atoms with Gasteiger partial charge in [-0.3, -0.25) is 0 Å². The van der Waals surface area contributed by atoms with Crippen LogP contribution in [0.15, 0.2) is 0 Å². The van der Waals surface area contributed by atoms with Crippen LogP contribution in [0.5, 0.6) is 0 Å². The molecule has 0 aromatic rings. The van der Waals surface area contributed by atoms with Crippen molar-refractivity contribution in [2.24, 2.45) is 0 Å². The fraction of sp³-hybridized carbons (Fsp3) is 1.00. The van der Waals surface area contributed by atoms with E-state index in [1.807, 2.05) is 0 Å². The average Bonchev–Trinajstić information content (AvgIpc) is 1.30. The Labute approximate surface area is 77.5 Å². The van der Waals surface area contributed by atoms with E-state index in [-0.39, 0.29) is 37.7 Å². The van der Waals surface area contributed by atoms with Crippen molar-refractivity contribution in [3.8, 4) is 0 Å². The molecule has 0 fully saturated rings. The van der Waals surface area contributed by atoms with Gasteiger partial charge >= 0.3 is 37.7 Å². The van der Waals surface area contributed by atoms with E-state index in [0.29, 0.717) is 0 Å². The van der Waals surface area contributed by atoms with Gasteiger partial charge in [0.15, 0.2) is 0 Å². The fourth-order valence-corrected chi connectivity index (χ4v) is 0.367. The summed E-state index contributed by atoms with van der Waals surface area (Å²) in [5.41, 5.74) is 0. The van der Waals surface area contributed by atoms with Gasteiger partial charge in [-0.1, -0.05) is 7.60 Å². The van der Waals surface area contributed by atoms with E-state index in [1.54, 1.807) is 0 Å². The molecule has 0 heterocycles. The molecule has 0 atom stereocenters. The van der Waals surface area contributed by atoms with Crippen LogP contribution >= 0.6 is 7.60 Å². The molecule has 9 heavy (non-hydrogen) atoms. The third-order valence-corrected chi connectivity index (χ3v) is 1.12. The Bertz CT molecular complexity index is 90.6. The first-order chi connectivity index (χ1) is 3.06. The zero-order chi connectivity index (χ0) is 5.91. The Balaban J connectivity index is -0.000000180. The number of rotatable bonds is 2. The summed E-state index contributed by atoms with van der Waals surface area (Å²) in [5, 5.41) is 7.83. The molecule has 0 saturated carbocycles. The molecule has 4 nitrogen and oxygen atoms in total. The molecule has 0 amide bonds. The topological polar surface area (TPSA) is 83.4 Å². The third kappa shape index (κ3) is 17.6. The smallest absolute Gasteiger partial charge is 0.811 e. The monoisotopic (exact) mass is 138 g/mol. The predicted molar refractivity (Wildman–Crippen MR) is 19.6 cm³/mol. The SMILES string of the molecule is O=P([O-])([O-])CCO.[Li+].[Li+]. The van der Waals surface area contributed by atoms with Crippen LogP contribution in [0.3, 0.4) is 0 Å². The normalized spacial score (nSPS) is 9.22. The van der Waals surface area contributed by atoms with Crippen LogP contribution < -0.4 is 47.5 Å². The predicted octanol–water partition coefficient (Wildman–Crippen LogP) is -8.10. The van der Waals surface area contributed by atoms with Crippen molar-refractivity contribution in [1.29, 1.82) is 0 Å². The van der Waals surface area contributed by atoms with E-state index in [2.05, 4.69) is 0 Å². The molecular formula is C2H5Li2O4P. The van der Waals surface area contributed by atoms with Gasteiger partial charge in [0.25, 0.3) is 0 Å². The van der Waals surface area contributed by atoms with E-state index >= 15 is 0 Å². The van der Waals surface area contributed by atoms with Crippen LogP contribution in [0.4, 0.5) is 0 Å². The van der Waals surface area contributed by atoms with E-state index in [0.717, 1.165) is 0 Å². The molecule has 0 aromatic carbocycles. The number of aliphatic hydroxyl groups excluding tert-OH is 1. The summed E-state index contributed by atoms with van der Waals surface area (Å²) in [7, 11) is -4.42. The van der Waals surface area contributed by atoms with Gasteiger partial charge < -0.3 is 19.5 Å². The van der Waals surface area contributed by atoms with Crippen molar-refractivity contribution in [1.82, 2.24) is 0 Å².